The summed E-state index contributed by atoms with van der Waals surface area (Å²) in [7, 11) is 0. The number of carbonyl (C=O) groups is 5. The molecule has 0 aliphatic heterocycles. The van der Waals surface area contributed by atoms with Gasteiger partial charge in [-0.25, -0.2) is 4.79 Å². The van der Waals surface area contributed by atoms with Gasteiger partial charge < -0.3 is 31.1 Å². The highest BCUT2D eigenvalue weighted by molar-refractivity contribution is 5.94. The van der Waals surface area contributed by atoms with E-state index in [1.165, 1.54) is 0 Å². The Morgan fingerprint density at radius 2 is 1.33 bits per heavy atom. The predicted molar refractivity (Wildman–Crippen MR) is 147 cm³/mol. The van der Waals surface area contributed by atoms with Gasteiger partial charge in [0, 0.05) is 6.42 Å². The summed E-state index contributed by atoms with van der Waals surface area (Å²) < 4.78 is 5.34. The highest BCUT2D eigenvalue weighted by Gasteiger charge is 2.34. The molecule has 1 aromatic rings. The van der Waals surface area contributed by atoms with Crippen LogP contribution in [0.25, 0.3) is 0 Å². The molecule has 0 heterocycles. The normalized spacial score (nSPS) is 15.1. The van der Waals surface area contributed by atoms with Gasteiger partial charge in [0.2, 0.25) is 17.7 Å². The summed E-state index contributed by atoms with van der Waals surface area (Å²) in [5.41, 5.74) is 0.0219. The summed E-state index contributed by atoms with van der Waals surface area (Å²) in [6.45, 7) is 11.8. The minimum atomic E-state index is -1.20. The molecule has 0 bridgehead atoms. The van der Waals surface area contributed by atoms with Crippen LogP contribution in [0.4, 0.5) is 4.79 Å². The first-order valence-corrected chi connectivity index (χ1v) is 13.3. The molecule has 0 spiro atoms. The molecule has 1 aromatic carbocycles. The van der Waals surface area contributed by atoms with E-state index in [4.69, 9.17) is 9.84 Å². The second kappa shape index (κ2) is 15.7. The van der Waals surface area contributed by atoms with Crippen LogP contribution in [0.1, 0.15) is 66.9 Å². The second-order valence-corrected chi connectivity index (χ2v) is 10.7. The maximum atomic E-state index is 13.5. The number of rotatable bonds is 14. The fraction of sp³-hybridized carbons (Fsp3) is 0.607. The van der Waals surface area contributed by atoms with Gasteiger partial charge in [-0.1, -0.05) is 70.9 Å². The highest BCUT2D eigenvalue weighted by atomic mass is 16.6. The second-order valence-electron chi connectivity index (χ2n) is 10.7. The van der Waals surface area contributed by atoms with Crippen molar-refractivity contribution in [3.05, 3.63) is 35.9 Å². The molecule has 5 atom stereocenters. The lowest BCUT2D eigenvalue weighted by atomic mass is 9.94. The maximum Gasteiger partial charge on any atom is 0.408 e. The highest BCUT2D eigenvalue weighted by Crippen LogP contribution is 2.14. The molecule has 0 aromatic heterocycles. The van der Waals surface area contributed by atoms with Crippen molar-refractivity contribution in [1.29, 1.82) is 0 Å². The quantitative estimate of drug-likeness (QED) is 0.238. The number of aliphatic carboxylic acids is 1. The van der Waals surface area contributed by atoms with Crippen molar-refractivity contribution < 1.29 is 33.8 Å². The van der Waals surface area contributed by atoms with Gasteiger partial charge in [0.1, 0.15) is 30.3 Å². The third-order valence-corrected chi connectivity index (χ3v) is 6.29. The van der Waals surface area contributed by atoms with Crippen LogP contribution in [-0.4, -0.2) is 65.2 Å². The SMILES string of the molecule is CC[C@H](C)[C@H](NC(=O)[C@H](Cc1ccccc1)NC(=O)OC(C)(C)C)C(=O)N[C@H](C(=O)NCC(=O)O)[C@@H](C)CC. The first kappa shape index (κ1) is 33.4. The van der Waals surface area contributed by atoms with E-state index >= 15 is 0 Å². The molecule has 0 aliphatic carbocycles. The average molecular weight is 549 g/mol. The van der Waals surface area contributed by atoms with Crippen molar-refractivity contribution in [1.82, 2.24) is 21.3 Å². The molecule has 0 saturated carbocycles. The molecular weight excluding hydrogens is 504 g/mol. The number of hydrogen-bond donors (Lipinski definition) is 5. The van der Waals surface area contributed by atoms with Gasteiger partial charge in [0.05, 0.1) is 0 Å². The summed E-state index contributed by atoms with van der Waals surface area (Å²) in [4.78, 5) is 63.0. The summed E-state index contributed by atoms with van der Waals surface area (Å²) in [6, 6.07) is 6.07. The molecule has 5 N–H and O–H groups in total. The molecule has 11 nitrogen and oxygen atoms in total. The van der Waals surface area contributed by atoms with Gasteiger partial charge in [0.25, 0.3) is 0 Å². The maximum absolute atomic E-state index is 13.5. The third kappa shape index (κ3) is 12.2. The Kier molecular flexibility index (Phi) is 13.4. The monoisotopic (exact) mass is 548 g/mol. The van der Waals surface area contributed by atoms with E-state index in [0.717, 1.165) is 5.56 Å². The summed E-state index contributed by atoms with van der Waals surface area (Å²) in [5, 5.41) is 19.3. The van der Waals surface area contributed by atoms with Crippen LogP contribution in [-0.2, 0) is 30.3 Å². The molecule has 0 radical (unpaired) electrons. The topological polar surface area (TPSA) is 163 Å². The number of alkyl carbamates (subject to hydrolysis) is 1. The van der Waals surface area contributed by atoms with Crippen LogP contribution >= 0.6 is 0 Å². The summed E-state index contributed by atoms with van der Waals surface area (Å²) >= 11 is 0. The van der Waals surface area contributed by atoms with Crippen molar-refractivity contribution in [2.24, 2.45) is 11.8 Å². The zero-order valence-corrected chi connectivity index (χ0v) is 24.0. The zero-order valence-electron chi connectivity index (χ0n) is 24.0. The lowest BCUT2D eigenvalue weighted by Crippen LogP contribution is -2.60. The molecule has 0 unspecified atom stereocenters. The van der Waals surface area contributed by atoms with Crippen LogP contribution in [0, 0.1) is 11.8 Å². The fourth-order valence-electron chi connectivity index (χ4n) is 3.68. The first-order chi connectivity index (χ1) is 18.2. The number of hydrogen-bond acceptors (Lipinski definition) is 6. The number of ether oxygens (including phenoxy) is 1. The van der Waals surface area contributed by atoms with Gasteiger partial charge in [-0.05, 0) is 38.2 Å². The number of nitrogens with one attached hydrogen (secondary N) is 4. The lowest BCUT2D eigenvalue weighted by Gasteiger charge is -2.30. The van der Waals surface area contributed by atoms with Crippen LogP contribution in [0.3, 0.4) is 0 Å². The van der Waals surface area contributed by atoms with E-state index < -0.39 is 60.1 Å². The minimum Gasteiger partial charge on any atom is -0.480 e. The number of carboxylic acid groups (broad SMARTS) is 1. The van der Waals surface area contributed by atoms with Gasteiger partial charge in [0.15, 0.2) is 0 Å². The Morgan fingerprint density at radius 1 is 0.821 bits per heavy atom. The van der Waals surface area contributed by atoms with Gasteiger partial charge in [-0.2, -0.15) is 0 Å². The molecule has 1 rings (SSSR count). The molecule has 0 saturated heterocycles. The molecule has 39 heavy (non-hydrogen) atoms. The van der Waals surface area contributed by atoms with E-state index in [1.54, 1.807) is 34.6 Å². The van der Waals surface area contributed by atoms with Crippen LogP contribution in [0.15, 0.2) is 30.3 Å². The summed E-state index contributed by atoms with van der Waals surface area (Å²) in [6.07, 6.45) is 0.481. The molecule has 0 fully saturated rings. The fourth-order valence-corrected chi connectivity index (χ4v) is 3.68. The van der Waals surface area contributed by atoms with E-state index in [-0.39, 0.29) is 18.3 Å². The van der Waals surface area contributed by atoms with E-state index in [2.05, 4.69) is 21.3 Å². The van der Waals surface area contributed by atoms with E-state index in [9.17, 15) is 24.0 Å². The van der Waals surface area contributed by atoms with Crippen LogP contribution in [0.2, 0.25) is 0 Å². The van der Waals surface area contributed by atoms with Crippen LogP contribution in [0.5, 0.6) is 0 Å². The van der Waals surface area contributed by atoms with E-state index in [0.29, 0.717) is 12.8 Å². The molecule has 4 amide bonds. The average Bonchev–Trinajstić information content (AvgIpc) is 2.86. The predicted octanol–water partition coefficient (Wildman–Crippen LogP) is 2.39. The first-order valence-electron chi connectivity index (χ1n) is 13.3. The Bertz CT molecular complexity index is 978. The largest absolute Gasteiger partial charge is 0.480 e. The molecule has 11 heteroatoms. The number of carbonyl (C=O) groups excluding carboxylic acids is 4. The number of benzene rings is 1. The Hall–Kier alpha value is -3.63. The third-order valence-electron chi connectivity index (χ3n) is 6.29. The Balaban J connectivity index is 3.17. The van der Waals surface area contributed by atoms with Crippen molar-refractivity contribution in [2.45, 2.75) is 91.5 Å². The Morgan fingerprint density at radius 3 is 1.82 bits per heavy atom. The number of carboxylic acids is 1. The van der Waals surface area contributed by atoms with Crippen LogP contribution < -0.4 is 21.3 Å². The minimum absolute atomic E-state index is 0.161. The number of amides is 4. The molecular formula is C28H44N4O7. The Labute approximate surface area is 230 Å². The standard InChI is InChI=1S/C28H44N4O7/c1-8-17(3)22(25(36)29-16-21(33)34)32-26(37)23(18(4)9-2)31-24(35)20(15-19-13-11-10-12-14-19)30-27(38)39-28(5,6)7/h10-14,17-18,20,22-23H,8-9,15-16H2,1-7H3,(H,29,36)(H,30,38)(H,31,35)(H,32,37)(H,33,34)/t17-,18-,20-,22-,23-/m0/s1. The molecule has 218 valence electrons. The van der Waals surface area contributed by atoms with Gasteiger partial charge in [-0.3, -0.25) is 19.2 Å². The van der Waals surface area contributed by atoms with Crippen molar-refractivity contribution in [3.8, 4) is 0 Å². The van der Waals surface area contributed by atoms with Crippen molar-refractivity contribution in [2.75, 3.05) is 6.54 Å². The van der Waals surface area contributed by atoms with E-state index in [1.807, 2.05) is 44.2 Å². The van der Waals surface area contributed by atoms with Gasteiger partial charge in [-0.15, -0.1) is 0 Å². The van der Waals surface area contributed by atoms with Crippen molar-refractivity contribution >= 4 is 29.8 Å². The lowest BCUT2D eigenvalue weighted by molar-refractivity contribution is -0.139. The summed E-state index contributed by atoms with van der Waals surface area (Å²) in [5.74, 6) is -3.60. The van der Waals surface area contributed by atoms with Gasteiger partial charge >= 0.3 is 12.1 Å². The zero-order chi connectivity index (χ0) is 29.8. The smallest absolute Gasteiger partial charge is 0.408 e. The molecule has 0 aliphatic rings. The van der Waals surface area contributed by atoms with Crippen molar-refractivity contribution in [3.63, 3.8) is 0 Å².